The average molecular weight is 297 g/mol. The van der Waals surface area contributed by atoms with E-state index in [1.54, 1.807) is 6.92 Å². The van der Waals surface area contributed by atoms with Crippen LogP contribution in [0, 0.1) is 0 Å². The number of nitrogens with zero attached hydrogens (tertiary/aromatic N) is 3. The summed E-state index contributed by atoms with van der Waals surface area (Å²) >= 11 is 0. The molecule has 2 rings (SSSR count). The zero-order valence-electron chi connectivity index (χ0n) is 10.4. The molecule has 0 saturated heterocycles. The first-order valence-electron chi connectivity index (χ1n) is 5.55. The maximum Gasteiger partial charge on any atom is 0.342 e. The second kappa shape index (κ2) is 5.65. The maximum absolute atomic E-state index is 12.1. The van der Waals surface area contributed by atoms with Gasteiger partial charge in [-0.25, -0.2) is 4.79 Å². The lowest BCUT2D eigenvalue weighted by Gasteiger charge is -2.06. The van der Waals surface area contributed by atoms with E-state index >= 15 is 0 Å². The Kier molecular flexibility index (Phi) is 3.94. The summed E-state index contributed by atoms with van der Waals surface area (Å²) in [5, 5.41) is 12.6. The molecule has 10 heteroatoms. The normalized spacial score (nSPS) is 11.1. The molecule has 2 aromatic rings. The Labute approximate surface area is 114 Å². The van der Waals surface area contributed by atoms with Crippen molar-refractivity contribution in [3.63, 3.8) is 0 Å². The lowest BCUT2D eigenvalue weighted by molar-refractivity contribution is 0.0522. The van der Waals surface area contributed by atoms with E-state index in [0.717, 1.165) is 6.20 Å². The van der Waals surface area contributed by atoms with E-state index in [-0.39, 0.29) is 23.0 Å². The van der Waals surface area contributed by atoms with Gasteiger partial charge in [0.2, 0.25) is 0 Å². The van der Waals surface area contributed by atoms with Gasteiger partial charge >= 0.3 is 5.97 Å². The van der Waals surface area contributed by atoms with Gasteiger partial charge in [-0.05, 0) is 19.1 Å². The summed E-state index contributed by atoms with van der Waals surface area (Å²) in [5.74, 6) is -0.752. The number of aromatic amines is 1. The molecule has 2 heterocycles. The number of aromatic nitrogens is 4. The summed E-state index contributed by atoms with van der Waals surface area (Å²) in [6, 6.07) is 2.94. The molecule has 0 unspecified atom stereocenters. The van der Waals surface area contributed by atoms with Crippen LogP contribution in [0.15, 0.2) is 29.6 Å². The molecule has 0 radical (unpaired) electrons. The minimum atomic E-state index is -4.04. The summed E-state index contributed by atoms with van der Waals surface area (Å²) in [6.07, 6.45) is 2.49. The molecule has 0 aliphatic heterocycles. The SMILES string of the molecule is CCOC(=O)c1cn[nH]c1S(=O)(=O)Nc1cccnn1. The summed E-state index contributed by atoms with van der Waals surface area (Å²) < 4.78 is 31.2. The number of anilines is 1. The van der Waals surface area contributed by atoms with Crippen LogP contribution in [-0.2, 0) is 14.8 Å². The van der Waals surface area contributed by atoms with E-state index < -0.39 is 16.0 Å². The lowest BCUT2D eigenvalue weighted by Crippen LogP contribution is -2.18. The van der Waals surface area contributed by atoms with Crippen LogP contribution in [0.3, 0.4) is 0 Å². The summed E-state index contributed by atoms with van der Waals surface area (Å²) in [6.45, 7) is 1.74. The van der Waals surface area contributed by atoms with Gasteiger partial charge in [-0.3, -0.25) is 9.82 Å². The highest BCUT2D eigenvalue weighted by atomic mass is 32.2. The third-order valence-electron chi connectivity index (χ3n) is 2.18. The number of rotatable bonds is 5. The van der Waals surface area contributed by atoms with E-state index in [0.29, 0.717) is 0 Å². The molecule has 0 bridgehead atoms. The molecule has 0 amide bonds. The number of carbonyl (C=O) groups is 1. The number of hydrogen-bond acceptors (Lipinski definition) is 7. The van der Waals surface area contributed by atoms with E-state index in [2.05, 4.69) is 25.1 Å². The molecule has 0 spiro atoms. The zero-order chi connectivity index (χ0) is 14.6. The van der Waals surface area contributed by atoms with Gasteiger partial charge in [0.1, 0.15) is 5.56 Å². The molecule has 20 heavy (non-hydrogen) atoms. The molecular formula is C10H11N5O4S. The Hall–Kier alpha value is -2.49. The molecule has 2 aromatic heterocycles. The predicted molar refractivity (Wildman–Crippen MR) is 67.4 cm³/mol. The van der Waals surface area contributed by atoms with Gasteiger partial charge in [0.05, 0.1) is 12.8 Å². The van der Waals surface area contributed by atoms with Gasteiger partial charge in [0.15, 0.2) is 10.8 Å². The Morgan fingerprint density at radius 1 is 1.50 bits per heavy atom. The van der Waals surface area contributed by atoms with Gasteiger partial charge in [0, 0.05) is 6.20 Å². The van der Waals surface area contributed by atoms with Crippen LogP contribution in [0.2, 0.25) is 0 Å². The standard InChI is InChI=1S/C10H11N5O4S/c1-2-19-10(16)7-6-12-14-9(7)20(17,18)15-8-4-3-5-11-13-8/h3-6H,2H2,1H3,(H,12,14)(H,13,15). The summed E-state index contributed by atoms with van der Waals surface area (Å²) in [7, 11) is -4.04. The Balaban J connectivity index is 2.31. The van der Waals surface area contributed by atoms with Crippen molar-refractivity contribution in [3.8, 4) is 0 Å². The Morgan fingerprint density at radius 2 is 2.30 bits per heavy atom. The van der Waals surface area contributed by atoms with Crippen molar-refractivity contribution in [1.82, 2.24) is 20.4 Å². The van der Waals surface area contributed by atoms with Crippen LogP contribution in [0.5, 0.6) is 0 Å². The quantitative estimate of drug-likeness (QED) is 0.753. The summed E-state index contributed by atoms with van der Waals surface area (Å²) in [4.78, 5) is 11.6. The van der Waals surface area contributed by atoms with Crippen molar-refractivity contribution in [2.24, 2.45) is 0 Å². The number of H-pyrrole nitrogens is 1. The summed E-state index contributed by atoms with van der Waals surface area (Å²) in [5.41, 5.74) is -0.178. The number of esters is 1. The number of carbonyl (C=O) groups excluding carboxylic acids is 1. The van der Waals surface area contributed by atoms with Crippen LogP contribution in [-0.4, -0.2) is 41.4 Å². The second-order valence-electron chi connectivity index (χ2n) is 3.55. The van der Waals surface area contributed by atoms with E-state index in [1.807, 2.05) is 0 Å². The fourth-order valence-electron chi connectivity index (χ4n) is 1.38. The van der Waals surface area contributed by atoms with Crippen LogP contribution in [0.4, 0.5) is 5.82 Å². The van der Waals surface area contributed by atoms with Crippen molar-refractivity contribution >= 4 is 21.8 Å². The van der Waals surface area contributed by atoms with Crippen LogP contribution < -0.4 is 4.72 Å². The molecule has 0 atom stereocenters. The topological polar surface area (TPSA) is 127 Å². The minimum absolute atomic E-state index is 0.0249. The molecule has 0 aromatic carbocycles. The van der Waals surface area contributed by atoms with E-state index in [4.69, 9.17) is 4.74 Å². The Bertz CT molecular complexity index is 697. The smallest absolute Gasteiger partial charge is 0.342 e. The molecule has 0 saturated carbocycles. The fourth-order valence-corrected chi connectivity index (χ4v) is 2.46. The van der Waals surface area contributed by atoms with Crippen LogP contribution >= 0.6 is 0 Å². The van der Waals surface area contributed by atoms with Crippen molar-refractivity contribution in [2.45, 2.75) is 11.9 Å². The van der Waals surface area contributed by atoms with Crippen LogP contribution in [0.25, 0.3) is 0 Å². The third-order valence-corrected chi connectivity index (χ3v) is 3.51. The number of nitrogens with one attached hydrogen (secondary N) is 2. The second-order valence-corrected chi connectivity index (χ2v) is 5.17. The van der Waals surface area contributed by atoms with E-state index in [1.165, 1.54) is 18.3 Å². The number of ether oxygens (including phenoxy) is 1. The third kappa shape index (κ3) is 2.91. The van der Waals surface area contributed by atoms with Crippen LogP contribution in [0.1, 0.15) is 17.3 Å². The first-order valence-corrected chi connectivity index (χ1v) is 7.04. The molecule has 0 fully saturated rings. The fraction of sp³-hybridized carbons (Fsp3) is 0.200. The first kappa shape index (κ1) is 13.9. The lowest BCUT2D eigenvalue weighted by atomic mass is 10.4. The monoisotopic (exact) mass is 297 g/mol. The highest BCUT2D eigenvalue weighted by molar-refractivity contribution is 7.92. The highest BCUT2D eigenvalue weighted by Gasteiger charge is 2.26. The largest absolute Gasteiger partial charge is 0.462 e. The van der Waals surface area contributed by atoms with Gasteiger partial charge in [-0.1, -0.05) is 0 Å². The average Bonchev–Trinajstić information content (AvgIpc) is 2.90. The van der Waals surface area contributed by atoms with Crippen molar-refractivity contribution < 1.29 is 17.9 Å². The number of hydrogen-bond donors (Lipinski definition) is 2. The molecule has 9 nitrogen and oxygen atoms in total. The van der Waals surface area contributed by atoms with Gasteiger partial charge in [-0.15, -0.1) is 5.10 Å². The molecular weight excluding hydrogens is 286 g/mol. The zero-order valence-corrected chi connectivity index (χ0v) is 11.2. The predicted octanol–water partition coefficient (Wildman–Crippen LogP) is 0.177. The van der Waals surface area contributed by atoms with Crippen molar-refractivity contribution in [3.05, 3.63) is 30.1 Å². The van der Waals surface area contributed by atoms with Gasteiger partial charge in [-0.2, -0.15) is 18.6 Å². The minimum Gasteiger partial charge on any atom is -0.462 e. The molecule has 106 valence electrons. The Morgan fingerprint density at radius 3 is 2.95 bits per heavy atom. The van der Waals surface area contributed by atoms with E-state index in [9.17, 15) is 13.2 Å². The molecule has 0 aliphatic carbocycles. The van der Waals surface area contributed by atoms with Gasteiger partial charge < -0.3 is 4.74 Å². The first-order chi connectivity index (χ1) is 9.54. The van der Waals surface area contributed by atoms with Crippen molar-refractivity contribution in [1.29, 1.82) is 0 Å². The number of sulfonamides is 1. The maximum atomic E-state index is 12.1. The highest BCUT2D eigenvalue weighted by Crippen LogP contribution is 2.16. The van der Waals surface area contributed by atoms with Crippen molar-refractivity contribution in [2.75, 3.05) is 11.3 Å². The molecule has 2 N–H and O–H groups in total. The molecule has 0 aliphatic rings. The van der Waals surface area contributed by atoms with Gasteiger partial charge in [0.25, 0.3) is 10.0 Å².